The van der Waals surface area contributed by atoms with Crippen molar-refractivity contribution in [3.05, 3.63) is 54.6 Å². The highest BCUT2D eigenvalue weighted by Gasteiger charge is 2.30. The van der Waals surface area contributed by atoms with Gasteiger partial charge in [-0.05, 0) is 61.5 Å². The molecule has 1 amide bonds. The molecule has 2 aliphatic rings. The molecule has 0 spiro atoms. The summed E-state index contributed by atoms with van der Waals surface area (Å²) in [6.07, 6.45) is 1.58. The number of piperazine rings is 1. The van der Waals surface area contributed by atoms with Gasteiger partial charge in [0.05, 0.1) is 0 Å². The second-order valence-corrected chi connectivity index (χ2v) is 7.70. The Kier molecular flexibility index (Phi) is 6.27. The number of rotatable bonds is 4. The highest BCUT2D eigenvalue weighted by Crippen LogP contribution is 2.20. The number of anilines is 3. The van der Waals surface area contributed by atoms with Crippen molar-refractivity contribution >= 4 is 40.3 Å². The van der Waals surface area contributed by atoms with E-state index in [9.17, 15) is 4.79 Å². The summed E-state index contributed by atoms with van der Waals surface area (Å²) in [5, 5.41) is 7.36. The van der Waals surface area contributed by atoms with Crippen molar-refractivity contribution in [2.75, 3.05) is 43.4 Å². The molecule has 2 saturated heterocycles. The Bertz CT molecular complexity index is 830. The maximum atomic E-state index is 12.5. The molecule has 2 fully saturated rings. The van der Waals surface area contributed by atoms with E-state index in [4.69, 9.17) is 17.0 Å². The molecule has 0 radical (unpaired) electrons. The van der Waals surface area contributed by atoms with Crippen LogP contribution in [0.5, 0.6) is 0 Å². The maximum absolute atomic E-state index is 12.5. The van der Waals surface area contributed by atoms with Gasteiger partial charge in [0.2, 0.25) is 0 Å². The van der Waals surface area contributed by atoms with Gasteiger partial charge in [0, 0.05) is 49.8 Å². The van der Waals surface area contributed by atoms with Crippen molar-refractivity contribution in [1.29, 1.82) is 0 Å². The zero-order chi connectivity index (χ0) is 20.1. The number of nitrogens with zero attached hydrogens (tertiary/aromatic N) is 2. The Morgan fingerprint density at radius 2 is 1.52 bits per heavy atom. The summed E-state index contributed by atoms with van der Waals surface area (Å²) in [5.41, 5.74) is 3.03. The van der Waals surface area contributed by atoms with Crippen molar-refractivity contribution in [3.8, 4) is 0 Å². The van der Waals surface area contributed by atoms with Crippen molar-refractivity contribution in [1.82, 2.24) is 9.80 Å². The van der Waals surface area contributed by atoms with E-state index in [1.54, 1.807) is 0 Å². The van der Waals surface area contributed by atoms with Crippen LogP contribution in [0.25, 0.3) is 0 Å². The zero-order valence-corrected chi connectivity index (χ0v) is 17.2. The van der Waals surface area contributed by atoms with Crippen LogP contribution in [0.15, 0.2) is 54.6 Å². The Hall–Kier alpha value is -2.64. The number of ether oxygens (including phenoxy) is 1. The first-order valence-corrected chi connectivity index (χ1v) is 10.5. The predicted octanol–water partition coefficient (Wildman–Crippen LogP) is 3.45. The molecule has 0 aliphatic carbocycles. The van der Waals surface area contributed by atoms with E-state index in [0.717, 1.165) is 43.0 Å². The molecular formula is C22H26N4O2S. The fourth-order valence-corrected chi connectivity index (χ4v) is 3.93. The normalized spacial score (nSPS) is 19.1. The zero-order valence-electron chi connectivity index (χ0n) is 16.3. The van der Waals surface area contributed by atoms with Gasteiger partial charge in [-0.25, -0.2) is 0 Å². The second kappa shape index (κ2) is 9.24. The quantitative estimate of drug-likeness (QED) is 0.753. The number of amides is 1. The van der Waals surface area contributed by atoms with Gasteiger partial charge in [0.25, 0.3) is 5.91 Å². The molecule has 1 atom stereocenters. The number of para-hydroxylation sites is 1. The number of hydrogen-bond donors (Lipinski definition) is 2. The molecule has 6 nitrogen and oxygen atoms in total. The third kappa shape index (κ3) is 5.05. The molecule has 2 aliphatic heterocycles. The summed E-state index contributed by atoms with van der Waals surface area (Å²) >= 11 is 5.58. The number of hydrogen-bond acceptors (Lipinski definition) is 4. The van der Waals surface area contributed by atoms with Crippen molar-refractivity contribution < 1.29 is 9.53 Å². The molecule has 0 saturated carbocycles. The monoisotopic (exact) mass is 410 g/mol. The standard InChI is InChI=1S/C22H26N4O2S/c27-21(20-7-4-16-28-20)25-12-14-26(15-13-25)22(29)24-19-10-8-18(9-11-19)23-17-5-2-1-3-6-17/h1-3,5-6,8-11,20,23H,4,7,12-16H2,(H,24,29)/t20-/m0/s1. The van der Waals surface area contributed by atoms with Crippen molar-refractivity contribution in [3.63, 3.8) is 0 Å². The molecule has 0 bridgehead atoms. The van der Waals surface area contributed by atoms with Crippen LogP contribution in [0.1, 0.15) is 12.8 Å². The molecule has 4 rings (SSSR count). The number of benzene rings is 2. The van der Waals surface area contributed by atoms with Crippen molar-refractivity contribution in [2.45, 2.75) is 18.9 Å². The molecule has 2 aromatic carbocycles. The highest BCUT2D eigenvalue weighted by molar-refractivity contribution is 7.80. The van der Waals surface area contributed by atoms with Gasteiger partial charge in [0.15, 0.2) is 5.11 Å². The van der Waals surface area contributed by atoms with Gasteiger partial charge in [-0.1, -0.05) is 18.2 Å². The van der Waals surface area contributed by atoms with E-state index >= 15 is 0 Å². The molecule has 7 heteroatoms. The lowest BCUT2D eigenvalue weighted by Gasteiger charge is -2.37. The predicted molar refractivity (Wildman–Crippen MR) is 120 cm³/mol. The first-order valence-electron chi connectivity index (χ1n) is 10.1. The van der Waals surface area contributed by atoms with Crippen LogP contribution in [0.4, 0.5) is 17.1 Å². The third-order valence-corrected chi connectivity index (χ3v) is 5.64. The van der Waals surface area contributed by atoms with Crippen LogP contribution in [0, 0.1) is 0 Å². The summed E-state index contributed by atoms with van der Waals surface area (Å²) in [5.74, 6) is 0.127. The van der Waals surface area contributed by atoms with Crippen LogP contribution in [-0.2, 0) is 9.53 Å². The van der Waals surface area contributed by atoms with Crippen LogP contribution < -0.4 is 10.6 Å². The van der Waals surface area contributed by atoms with Gasteiger partial charge in [-0.2, -0.15) is 0 Å². The maximum Gasteiger partial charge on any atom is 0.251 e. The molecule has 152 valence electrons. The first kappa shape index (κ1) is 19.7. The average Bonchev–Trinajstić information content (AvgIpc) is 3.30. The molecule has 0 unspecified atom stereocenters. The largest absolute Gasteiger partial charge is 0.368 e. The van der Waals surface area contributed by atoms with Gasteiger partial charge in [0.1, 0.15) is 6.10 Å². The molecule has 2 N–H and O–H groups in total. The minimum Gasteiger partial charge on any atom is -0.368 e. The Morgan fingerprint density at radius 1 is 0.897 bits per heavy atom. The second-order valence-electron chi connectivity index (χ2n) is 7.31. The summed E-state index contributed by atoms with van der Waals surface area (Å²) in [6, 6.07) is 18.1. The number of carbonyl (C=O) groups excluding carboxylic acids is 1. The lowest BCUT2D eigenvalue weighted by atomic mass is 10.2. The SMILES string of the molecule is O=C([C@@H]1CCCO1)N1CCN(C(=S)Nc2ccc(Nc3ccccc3)cc2)CC1. The smallest absolute Gasteiger partial charge is 0.251 e. The highest BCUT2D eigenvalue weighted by atomic mass is 32.1. The molecule has 29 heavy (non-hydrogen) atoms. The lowest BCUT2D eigenvalue weighted by Crippen LogP contribution is -2.53. The van der Waals surface area contributed by atoms with E-state index < -0.39 is 0 Å². The van der Waals surface area contributed by atoms with E-state index in [1.807, 2.05) is 59.5 Å². The van der Waals surface area contributed by atoms with Crippen LogP contribution in [0.2, 0.25) is 0 Å². The lowest BCUT2D eigenvalue weighted by molar-refractivity contribution is -0.142. The van der Waals surface area contributed by atoms with Gasteiger partial charge in [-0.15, -0.1) is 0 Å². The van der Waals surface area contributed by atoms with E-state index in [2.05, 4.69) is 15.5 Å². The summed E-state index contributed by atoms with van der Waals surface area (Å²) < 4.78 is 5.52. The first-order chi connectivity index (χ1) is 14.2. The molecule has 0 aromatic heterocycles. The minimum atomic E-state index is -0.241. The fraction of sp³-hybridized carbons (Fsp3) is 0.364. The van der Waals surface area contributed by atoms with Crippen LogP contribution in [0.3, 0.4) is 0 Å². The average molecular weight is 411 g/mol. The minimum absolute atomic E-state index is 0.127. The molecular weight excluding hydrogens is 384 g/mol. The van der Waals surface area contributed by atoms with Gasteiger partial charge < -0.3 is 25.2 Å². The number of nitrogens with one attached hydrogen (secondary N) is 2. The van der Waals surface area contributed by atoms with E-state index in [1.165, 1.54) is 0 Å². The summed E-state index contributed by atoms with van der Waals surface area (Å²) in [6.45, 7) is 3.53. The topological polar surface area (TPSA) is 56.8 Å². The number of thiocarbonyl (C=S) groups is 1. The molecule has 2 heterocycles. The Balaban J connectivity index is 1.26. The van der Waals surface area contributed by atoms with E-state index in [-0.39, 0.29) is 12.0 Å². The fourth-order valence-electron chi connectivity index (χ4n) is 3.63. The third-order valence-electron chi connectivity index (χ3n) is 5.28. The van der Waals surface area contributed by atoms with Crippen LogP contribution >= 0.6 is 12.2 Å². The Morgan fingerprint density at radius 3 is 2.17 bits per heavy atom. The van der Waals surface area contributed by atoms with Crippen LogP contribution in [-0.4, -0.2) is 59.7 Å². The number of carbonyl (C=O) groups is 1. The van der Waals surface area contributed by atoms with Crippen molar-refractivity contribution in [2.24, 2.45) is 0 Å². The summed E-state index contributed by atoms with van der Waals surface area (Å²) in [4.78, 5) is 16.5. The summed E-state index contributed by atoms with van der Waals surface area (Å²) in [7, 11) is 0. The van der Waals surface area contributed by atoms with Gasteiger partial charge in [-0.3, -0.25) is 4.79 Å². The van der Waals surface area contributed by atoms with E-state index in [0.29, 0.717) is 24.8 Å². The Labute approximate surface area is 176 Å². The molecule has 2 aromatic rings. The van der Waals surface area contributed by atoms with Gasteiger partial charge >= 0.3 is 0 Å².